The molecule has 1 aromatic carbocycles. The van der Waals surface area contributed by atoms with Crippen LogP contribution in [0.1, 0.15) is 6.42 Å². The number of benzene rings is 1. The monoisotopic (exact) mass is 490 g/mol. The first kappa shape index (κ1) is 23.4. The van der Waals surface area contributed by atoms with Gasteiger partial charge in [0.1, 0.15) is 0 Å². The van der Waals surface area contributed by atoms with E-state index in [4.69, 9.17) is 16.3 Å². The van der Waals surface area contributed by atoms with Gasteiger partial charge in [-0.3, -0.25) is 4.99 Å². The maximum Gasteiger partial charge on any atom is 0.240 e. The van der Waals surface area contributed by atoms with Gasteiger partial charge in [0, 0.05) is 45.4 Å². The Morgan fingerprint density at radius 1 is 1.25 bits per heavy atom. The van der Waals surface area contributed by atoms with Crippen LogP contribution in [0.3, 0.4) is 0 Å². The topological polar surface area (TPSA) is 91.8 Å². The molecule has 0 aliphatic rings. The van der Waals surface area contributed by atoms with Crippen molar-refractivity contribution in [3.05, 3.63) is 29.3 Å². The Kier molecular flexibility index (Phi) is 12.4. The Morgan fingerprint density at radius 3 is 2.58 bits per heavy atom. The van der Waals surface area contributed by atoms with Gasteiger partial charge in [0.25, 0.3) is 0 Å². The summed E-state index contributed by atoms with van der Waals surface area (Å²) in [5.41, 5.74) is 0. The molecule has 0 atom stereocenters. The summed E-state index contributed by atoms with van der Waals surface area (Å²) in [7, 11) is -0.257. The summed E-state index contributed by atoms with van der Waals surface area (Å²) in [5, 5.41) is 6.51. The molecule has 10 heteroatoms. The highest BCUT2D eigenvalue weighted by molar-refractivity contribution is 14.0. The Morgan fingerprint density at radius 2 is 1.96 bits per heavy atom. The van der Waals surface area contributed by atoms with Crippen LogP contribution in [0.25, 0.3) is 0 Å². The minimum absolute atomic E-state index is 0. The molecule has 3 N–H and O–H groups in total. The second kappa shape index (κ2) is 12.7. The van der Waals surface area contributed by atoms with E-state index in [9.17, 15) is 8.42 Å². The lowest BCUT2D eigenvalue weighted by Gasteiger charge is -2.12. The van der Waals surface area contributed by atoms with Gasteiger partial charge in [0.05, 0.1) is 4.90 Å². The Labute approximate surface area is 165 Å². The van der Waals surface area contributed by atoms with Gasteiger partial charge in [0.15, 0.2) is 5.96 Å². The zero-order valence-corrected chi connectivity index (χ0v) is 17.6. The third-order valence-electron chi connectivity index (χ3n) is 2.86. The number of ether oxygens (including phenoxy) is 1. The van der Waals surface area contributed by atoms with Crippen LogP contribution in [-0.2, 0) is 14.8 Å². The van der Waals surface area contributed by atoms with Gasteiger partial charge in [-0.25, -0.2) is 13.1 Å². The number of methoxy groups -OCH3 is 1. The summed E-state index contributed by atoms with van der Waals surface area (Å²) in [6, 6.07) is 6.13. The van der Waals surface area contributed by atoms with Crippen molar-refractivity contribution in [2.45, 2.75) is 11.3 Å². The average Bonchev–Trinajstić information content (AvgIpc) is 2.53. The number of halogens is 2. The van der Waals surface area contributed by atoms with Gasteiger partial charge in [-0.15, -0.1) is 24.0 Å². The van der Waals surface area contributed by atoms with Crippen LogP contribution in [0.5, 0.6) is 0 Å². The fraction of sp³-hybridized carbons (Fsp3) is 0.500. The first-order valence-electron chi connectivity index (χ1n) is 7.18. The summed E-state index contributed by atoms with van der Waals surface area (Å²) >= 11 is 5.81. The first-order chi connectivity index (χ1) is 11.0. The molecule has 1 aromatic rings. The molecule has 0 amide bonds. The molecule has 0 radical (unpaired) electrons. The summed E-state index contributed by atoms with van der Waals surface area (Å²) in [4.78, 5) is 4.19. The van der Waals surface area contributed by atoms with E-state index >= 15 is 0 Å². The van der Waals surface area contributed by atoms with Gasteiger partial charge in [-0.05, 0) is 24.6 Å². The van der Waals surface area contributed by atoms with E-state index < -0.39 is 10.0 Å². The summed E-state index contributed by atoms with van der Waals surface area (Å²) < 4.78 is 31.6. The van der Waals surface area contributed by atoms with Gasteiger partial charge in [-0.1, -0.05) is 17.7 Å². The number of guanidine groups is 1. The van der Waals surface area contributed by atoms with Crippen molar-refractivity contribution < 1.29 is 13.2 Å². The van der Waals surface area contributed by atoms with E-state index in [1.54, 1.807) is 26.3 Å². The molecule has 0 bridgehead atoms. The smallest absolute Gasteiger partial charge is 0.240 e. The molecule has 7 nitrogen and oxygen atoms in total. The molecule has 1 rings (SSSR count). The maximum absolute atomic E-state index is 12.1. The Hall–Kier alpha value is -0.620. The molecule has 0 aliphatic carbocycles. The average molecular weight is 491 g/mol. The van der Waals surface area contributed by atoms with Crippen molar-refractivity contribution in [3.63, 3.8) is 0 Å². The lowest BCUT2D eigenvalue weighted by Crippen LogP contribution is -2.41. The fourth-order valence-electron chi connectivity index (χ4n) is 1.73. The molecule has 0 fully saturated rings. The minimum atomic E-state index is -3.56. The molecule has 0 aliphatic heterocycles. The fourth-order valence-corrected chi connectivity index (χ4v) is 3.06. The largest absolute Gasteiger partial charge is 0.385 e. The van der Waals surface area contributed by atoms with Crippen molar-refractivity contribution in [2.24, 2.45) is 4.99 Å². The molecule has 24 heavy (non-hydrogen) atoms. The predicted molar refractivity (Wildman–Crippen MR) is 108 cm³/mol. The van der Waals surface area contributed by atoms with Gasteiger partial charge in [0.2, 0.25) is 10.0 Å². The zero-order chi connectivity index (χ0) is 17.1. The van der Waals surface area contributed by atoms with Crippen LogP contribution in [0.4, 0.5) is 0 Å². The SMILES string of the molecule is CN=C(NCCCOC)NCCNS(=O)(=O)c1cccc(Cl)c1.I. The quantitative estimate of drug-likeness (QED) is 0.211. The number of sulfonamides is 1. The van der Waals surface area contributed by atoms with Crippen molar-refractivity contribution in [1.82, 2.24) is 15.4 Å². The molecular formula is C14H24ClIN4O3S. The molecule has 0 saturated carbocycles. The minimum Gasteiger partial charge on any atom is -0.385 e. The van der Waals surface area contributed by atoms with Crippen LogP contribution in [0, 0.1) is 0 Å². The standard InChI is InChI=1S/C14H23ClN4O3S.HI/c1-16-14(17-7-4-10-22-2)18-8-9-19-23(20,21)13-6-3-5-12(15)11-13;/h3,5-6,11,19H,4,7-10H2,1-2H3,(H2,16,17,18);1H. The third-order valence-corrected chi connectivity index (χ3v) is 4.55. The molecule has 0 spiro atoms. The number of hydrogen-bond acceptors (Lipinski definition) is 4. The Balaban J connectivity index is 0.00000529. The summed E-state index contributed by atoms with van der Waals surface area (Å²) in [6.07, 6.45) is 0.860. The highest BCUT2D eigenvalue weighted by Gasteiger charge is 2.13. The number of aliphatic imine (C=N–C) groups is 1. The van der Waals surface area contributed by atoms with Crippen molar-refractivity contribution in [2.75, 3.05) is 40.4 Å². The number of rotatable bonds is 9. The van der Waals surface area contributed by atoms with Crippen LogP contribution in [0.15, 0.2) is 34.2 Å². The van der Waals surface area contributed by atoms with Crippen molar-refractivity contribution >= 4 is 51.6 Å². The van der Waals surface area contributed by atoms with E-state index in [1.807, 2.05) is 0 Å². The van der Waals surface area contributed by atoms with E-state index in [0.29, 0.717) is 24.1 Å². The summed E-state index contributed by atoms with van der Waals surface area (Å²) in [5.74, 6) is 0.614. The lowest BCUT2D eigenvalue weighted by atomic mass is 10.4. The van der Waals surface area contributed by atoms with Crippen LogP contribution in [-0.4, -0.2) is 54.8 Å². The van der Waals surface area contributed by atoms with Crippen LogP contribution in [0.2, 0.25) is 5.02 Å². The van der Waals surface area contributed by atoms with Crippen LogP contribution < -0.4 is 15.4 Å². The normalized spacial score (nSPS) is 11.7. The van der Waals surface area contributed by atoms with Gasteiger partial charge >= 0.3 is 0 Å². The van der Waals surface area contributed by atoms with E-state index in [0.717, 1.165) is 13.0 Å². The van der Waals surface area contributed by atoms with Gasteiger partial charge in [-0.2, -0.15) is 0 Å². The molecule has 138 valence electrons. The molecular weight excluding hydrogens is 467 g/mol. The second-order valence-electron chi connectivity index (χ2n) is 4.63. The number of hydrogen-bond donors (Lipinski definition) is 3. The number of nitrogens with zero attached hydrogens (tertiary/aromatic N) is 1. The zero-order valence-electron chi connectivity index (χ0n) is 13.7. The number of nitrogens with one attached hydrogen (secondary N) is 3. The van der Waals surface area contributed by atoms with E-state index in [-0.39, 0.29) is 35.4 Å². The van der Waals surface area contributed by atoms with Gasteiger partial charge < -0.3 is 15.4 Å². The summed E-state index contributed by atoms with van der Waals surface area (Å²) in [6.45, 7) is 2.03. The second-order valence-corrected chi connectivity index (χ2v) is 6.83. The highest BCUT2D eigenvalue weighted by Crippen LogP contribution is 2.14. The third kappa shape index (κ3) is 9.02. The molecule has 0 saturated heterocycles. The maximum atomic E-state index is 12.1. The lowest BCUT2D eigenvalue weighted by molar-refractivity contribution is 0.195. The van der Waals surface area contributed by atoms with E-state index in [2.05, 4.69) is 20.3 Å². The van der Waals surface area contributed by atoms with Crippen molar-refractivity contribution in [1.29, 1.82) is 0 Å². The predicted octanol–water partition coefficient (Wildman–Crippen LogP) is 1.44. The Bertz CT molecular complexity index is 614. The first-order valence-corrected chi connectivity index (χ1v) is 9.04. The molecule has 0 aromatic heterocycles. The molecule has 0 unspecified atom stereocenters. The van der Waals surface area contributed by atoms with E-state index in [1.165, 1.54) is 12.1 Å². The highest BCUT2D eigenvalue weighted by atomic mass is 127. The van der Waals surface area contributed by atoms with Crippen molar-refractivity contribution in [3.8, 4) is 0 Å². The van der Waals surface area contributed by atoms with Crippen LogP contribution >= 0.6 is 35.6 Å². The molecule has 0 heterocycles.